The monoisotopic (exact) mass is 390 g/mol. The molecule has 12 heteroatoms. The van der Waals surface area contributed by atoms with E-state index in [1.54, 1.807) is 6.07 Å². The van der Waals surface area contributed by atoms with Crippen LogP contribution in [0.1, 0.15) is 5.56 Å². The van der Waals surface area contributed by atoms with Gasteiger partial charge >= 0.3 is 11.6 Å². The van der Waals surface area contributed by atoms with Crippen LogP contribution in [-0.2, 0) is 11.3 Å². The summed E-state index contributed by atoms with van der Waals surface area (Å²) >= 11 is 5.67. The zero-order chi connectivity index (χ0) is 19.6. The van der Waals surface area contributed by atoms with Gasteiger partial charge in [-0.15, -0.1) is 0 Å². The third-order valence-corrected chi connectivity index (χ3v) is 3.83. The van der Waals surface area contributed by atoms with Gasteiger partial charge in [-0.3, -0.25) is 25.0 Å². The van der Waals surface area contributed by atoms with Crippen LogP contribution in [-0.4, -0.2) is 20.7 Å². The molecule has 2 heterocycles. The molecule has 0 spiro atoms. The van der Waals surface area contributed by atoms with Crippen molar-refractivity contribution in [2.45, 2.75) is 6.54 Å². The van der Waals surface area contributed by atoms with Crippen molar-refractivity contribution in [1.82, 2.24) is 10.3 Å². The second kappa shape index (κ2) is 7.25. The zero-order valence-electron chi connectivity index (χ0n) is 13.4. The van der Waals surface area contributed by atoms with Gasteiger partial charge in [0.1, 0.15) is 5.15 Å². The number of amides is 1. The van der Waals surface area contributed by atoms with E-state index in [1.165, 1.54) is 30.5 Å². The molecular weight excluding hydrogens is 380 g/mol. The fourth-order valence-corrected chi connectivity index (χ4v) is 2.45. The molecule has 0 saturated heterocycles. The smallest absolute Gasteiger partial charge is 0.342 e. The number of carbonyl (C=O) groups excluding carboxylic acids is 1. The number of nitro benzene ring substituents is 1. The molecule has 27 heavy (non-hydrogen) atoms. The second-order valence-corrected chi connectivity index (χ2v) is 5.78. The van der Waals surface area contributed by atoms with E-state index in [4.69, 9.17) is 11.6 Å². The number of aromatic nitrogens is 1. The number of hydrogen-bond donors (Lipinski definition) is 3. The average Bonchev–Trinajstić information content (AvgIpc) is 3.03. The number of fused-ring (bicyclic) bond motifs is 1. The van der Waals surface area contributed by atoms with Crippen molar-refractivity contribution in [2.24, 2.45) is 0 Å². The molecule has 0 unspecified atom stereocenters. The van der Waals surface area contributed by atoms with Gasteiger partial charge in [-0.25, -0.2) is 4.98 Å². The molecule has 0 bridgehead atoms. The lowest BCUT2D eigenvalue weighted by Crippen LogP contribution is -2.30. The quantitative estimate of drug-likeness (QED) is 0.304. The van der Waals surface area contributed by atoms with Crippen molar-refractivity contribution in [1.29, 1.82) is 0 Å². The Morgan fingerprint density at radius 1 is 1.15 bits per heavy atom. The summed E-state index contributed by atoms with van der Waals surface area (Å²) in [5.74, 6) is -1.12. The number of halogens is 1. The fraction of sp³-hybridized carbons (Fsp3) is 0.0667. The summed E-state index contributed by atoms with van der Waals surface area (Å²) in [5, 5.41) is 30.2. The van der Waals surface area contributed by atoms with Gasteiger partial charge in [0, 0.05) is 24.9 Å². The number of hydrogen-bond acceptors (Lipinski definition) is 8. The van der Waals surface area contributed by atoms with Crippen molar-refractivity contribution in [2.75, 3.05) is 10.6 Å². The Bertz CT molecular complexity index is 975. The summed E-state index contributed by atoms with van der Waals surface area (Å²) in [7, 11) is 0. The van der Waals surface area contributed by atoms with Gasteiger partial charge in [-0.2, -0.15) is 0 Å². The SMILES string of the molecule is O=C(NCc1ccc(Cl)nc1)C(=C1Nc2ccc([N+](=O)[O-])cc2N1)[N+](=O)[O-]. The summed E-state index contributed by atoms with van der Waals surface area (Å²) in [5.41, 5.74) is 0.298. The average molecular weight is 391 g/mol. The van der Waals surface area contributed by atoms with Crippen LogP contribution in [0.5, 0.6) is 0 Å². The Hall–Kier alpha value is -3.73. The van der Waals surface area contributed by atoms with Crippen molar-refractivity contribution in [3.8, 4) is 0 Å². The molecule has 0 saturated carbocycles. The number of anilines is 2. The van der Waals surface area contributed by atoms with Gasteiger partial charge in [-0.1, -0.05) is 17.7 Å². The van der Waals surface area contributed by atoms with E-state index in [0.717, 1.165) is 0 Å². The first kappa shape index (κ1) is 18.1. The molecule has 0 fully saturated rings. The lowest BCUT2D eigenvalue weighted by Gasteiger charge is -2.06. The normalized spacial score (nSPS) is 13.8. The molecule has 11 nitrogen and oxygen atoms in total. The molecule has 1 amide bonds. The summed E-state index contributed by atoms with van der Waals surface area (Å²) in [6.45, 7) is 0.00599. The number of carbonyl (C=O) groups is 1. The second-order valence-electron chi connectivity index (χ2n) is 5.39. The van der Waals surface area contributed by atoms with Crippen LogP contribution < -0.4 is 16.0 Å². The van der Waals surface area contributed by atoms with Crippen LogP contribution in [0.4, 0.5) is 17.1 Å². The van der Waals surface area contributed by atoms with Gasteiger partial charge in [0.15, 0.2) is 5.82 Å². The minimum Gasteiger partial charge on any atom is -0.342 e. The fourth-order valence-electron chi connectivity index (χ4n) is 2.34. The van der Waals surface area contributed by atoms with Crippen molar-refractivity contribution < 1.29 is 14.6 Å². The highest BCUT2D eigenvalue weighted by Gasteiger charge is 2.32. The Morgan fingerprint density at radius 2 is 1.89 bits per heavy atom. The maximum Gasteiger partial charge on any atom is 0.373 e. The molecule has 1 aliphatic rings. The Balaban J connectivity index is 1.80. The van der Waals surface area contributed by atoms with Gasteiger partial charge in [-0.05, 0) is 17.7 Å². The first-order valence-corrected chi connectivity index (χ1v) is 7.82. The Kier molecular flexibility index (Phi) is 4.86. The largest absolute Gasteiger partial charge is 0.373 e. The molecule has 0 aliphatic carbocycles. The number of benzene rings is 1. The first-order chi connectivity index (χ1) is 12.8. The molecule has 1 aliphatic heterocycles. The number of nitrogens with zero attached hydrogens (tertiary/aromatic N) is 3. The molecular formula is C15H11ClN6O5. The van der Waals surface area contributed by atoms with E-state index < -0.39 is 21.5 Å². The van der Waals surface area contributed by atoms with Crippen molar-refractivity contribution >= 4 is 34.6 Å². The number of nitro groups is 2. The van der Waals surface area contributed by atoms with Crippen molar-refractivity contribution in [3.63, 3.8) is 0 Å². The Morgan fingerprint density at radius 3 is 2.52 bits per heavy atom. The number of pyridine rings is 1. The standard InChI is InChI=1S/C15H11ClN6O5/c16-12-4-1-8(6-17-12)7-18-15(23)13(22(26)27)14-19-10-3-2-9(21(24)25)5-11(10)20-14/h1-6,19-20H,7H2,(H,18,23). The molecule has 1 aromatic carbocycles. The van der Waals surface area contributed by atoms with E-state index in [0.29, 0.717) is 11.3 Å². The van der Waals surface area contributed by atoms with Gasteiger partial charge < -0.3 is 16.0 Å². The van der Waals surface area contributed by atoms with Crippen LogP contribution in [0.3, 0.4) is 0 Å². The molecule has 3 N–H and O–H groups in total. The van der Waals surface area contributed by atoms with Gasteiger partial charge in [0.05, 0.1) is 21.2 Å². The first-order valence-electron chi connectivity index (χ1n) is 7.45. The minimum atomic E-state index is -0.938. The lowest BCUT2D eigenvalue weighted by molar-refractivity contribution is -0.420. The highest BCUT2D eigenvalue weighted by Crippen LogP contribution is 2.34. The summed E-state index contributed by atoms with van der Waals surface area (Å²) in [6, 6.07) is 7.00. The minimum absolute atomic E-state index is 0.00599. The third kappa shape index (κ3) is 3.93. The van der Waals surface area contributed by atoms with Gasteiger partial charge in [0.25, 0.3) is 5.69 Å². The number of non-ortho nitro benzene ring substituents is 1. The molecule has 138 valence electrons. The predicted molar refractivity (Wildman–Crippen MR) is 95.5 cm³/mol. The van der Waals surface area contributed by atoms with Crippen LogP contribution >= 0.6 is 11.6 Å². The molecule has 0 atom stereocenters. The van der Waals surface area contributed by atoms with Crippen LogP contribution in [0.25, 0.3) is 0 Å². The van der Waals surface area contributed by atoms with Crippen LogP contribution in [0, 0.1) is 20.2 Å². The lowest BCUT2D eigenvalue weighted by atomic mass is 10.2. The van der Waals surface area contributed by atoms with Gasteiger partial charge in [0.2, 0.25) is 0 Å². The van der Waals surface area contributed by atoms with E-state index >= 15 is 0 Å². The predicted octanol–water partition coefficient (Wildman–Crippen LogP) is 2.24. The Labute approximate surface area is 156 Å². The summed E-state index contributed by atoms with van der Waals surface area (Å²) < 4.78 is 0. The number of nitrogens with one attached hydrogen (secondary N) is 3. The molecule has 1 aromatic heterocycles. The topological polar surface area (TPSA) is 152 Å². The van der Waals surface area contributed by atoms with Crippen molar-refractivity contribution in [3.05, 3.63) is 79.0 Å². The molecule has 0 radical (unpaired) electrons. The van der Waals surface area contributed by atoms with E-state index in [2.05, 4.69) is 20.9 Å². The van der Waals surface area contributed by atoms with Crippen LogP contribution in [0.15, 0.2) is 48.0 Å². The maximum absolute atomic E-state index is 12.3. The summed E-state index contributed by atoms with van der Waals surface area (Å²) in [4.78, 5) is 36.9. The number of rotatable bonds is 5. The third-order valence-electron chi connectivity index (χ3n) is 3.61. The highest BCUT2D eigenvalue weighted by molar-refractivity contribution is 6.29. The molecule has 3 rings (SSSR count). The van der Waals surface area contributed by atoms with E-state index in [1.807, 2.05) is 0 Å². The van der Waals surface area contributed by atoms with Crippen LogP contribution in [0.2, 0.25) is 5.15 Å². The molecule has 2 aromatic rings. The van der Waals surface area contributed by atoms with E-state index in [-0.39, 0.29) is 28.9 Å². The zero-order valence-corrected chi connectivity index (χ0v) is 14.2. The van der Waals surface area contributed by atoms with E-state index in [9.17, 15) is 25.0 Å². The highest BCUT2D eigenvalue weighted by atomic mass is 35.5. The summed E-state index contributed by atoms with van der Waals surface area (Å²) in [6.07, 6.45) is 1.43. The maximum atomic E-state index is 12.3.